The van der Waals surface area contributed by atoms with Gasteiger partial charge in [-0.05, 0) is 43.4 Å². The second-order valence-electron chi connectivity index (χ2n) is 10.2. The van der Waals surface area contributed by atoms with Crippen LogP contribution in [0.2, 0.25) is 0 Å². The van der Waals surface area contributed by atoms with E-state index in [9.17, 15) is 10.2 Å². The Morgan fingerprint density at radius 1 is 1.37 bits per heavy atom. The third kappa shape index (κ3) is 1.93. The van der Waals surface area contributed by atoms with Crippen LogP contribution in [0, 0.1) is 28.1 Å². The van der Waals surface area contributed by atoms with Crippen molar-refractivity contribution in [3.8, 4) is 0 Å². The maximum Gasteiger partial charge on any atom is 0.202 e. The SMILES string of the molecule is C=C1C[C@]23C[C@H]1CC=C2[C@@]12CO[C@@]3(O)[C@@H](O)[C@@H]1C(C)(C)CC[C@@H]2OCOC. The van der Waals surface area contributed by atoms with E-state index in [1.165, 1.54) is 11.1 Å². The summed E-state index contributed by atoms with van der Waals surface area (Å²) in [7, 11) is 1.64. The lowest BCUT2D eigenvalue weighted by Crippen LogP contribution is -2.80. The number of allylic oxidation sites excluding steroid dienone is 2. The van der Waals surface area contributed by atoms with E-state index in [1.807, 2.05) is 0 Å². The van der Waals surface area contributed by atoms with Crippen LogP contribution in [0.4, 0.5) is 0 Å². The molecule has 2 saturated heterocycles. The summed E-state index contributed by atoms with van der Waals surface area (Å²) in [6, 6.07) is 0. The molecule has 0 aromatic rings. The average Bonchev–Trinajstić information content (AvgIpc) is 2.87. The fourth-order valence-electron chi connectivity index (χ4n) is 7.65. The number of ether oxygens (including phenoxy) is 3. The van der Waals surface area contributed by atoms with Crippen LogP contribution in [0.15, 0.2) is 23.8 Å². The number of hydrogen-bond donors (Lipinski definition) is 2. The van der Waals surface area contributed by atoms with E-state index >= 15 is 0 Å². The number of aliphatic hydroxyl groups is 2. The van der Waals surface area contributed by atoms with Gasteiger partial charge >= 0.3 is 0 Å². The van der Waals surface area contributed by atoms with Crippen molar-refractivity contribution in [1.29, 1.82) is 0 Å². The minimum Gasteiger partial charge on any atom is -0.387 e. The maximum absolute atomic E-state index is 11.8. The molecule has 0 unspecified atom stereocenters. The second kappa shape index (κ2) is 5.45. The molecule has 4 bridgehead atoms. The van der Waals surface area contributed by atoms with E-state index < -0.39 is 22.7 Å². The minimum absolute atomic E-state index is 0.0801. The molecule has 5 fully saturated rings. The van der Waals surface area contributed by atoms with Crippen LogP contribution in [0.3, 0.4) is 0 Å². The van der Waals surface area contributed by atoms with Gasteiger partial charge in [0.05, 0.1) is 18.1 Å². The summed E-state index contributed by atoms with van der Waals surface area (Å²) in [5, 5.41) is 23.3. The van der Waals surface area contributed by atoms with Gasteiger partial charge in [-0.1, -0.05) is 37.6 Å². The van der Waals surface area contributed by atoms with Crippen molar-refractivity contribution >= 4 is 0 Å². The molecule has 2 spiro atoms. The summed E-state index contributed by atoms with van der Waals surface area (Å²) < 4.78 is 17.6. The van der Waals surface area contributed by atoms with Crippen LogP contribution in [0.1, 0.15) is 46.0 Å². The first-order valence-corrected chi connectivity index (χ1v) is 10.3. The van der Waals surface area contributed by atoms with Crippen molar-refractivity contribution in [3.63, 3.8) is 0 Å². The maximum atomic E-state index is 11.8. The molecule has 2 aliphatic heterocycles. The summed E-state index contributed by atoms with van der Waals surface area (Å²) in [5.41, 5.74) is 1.35. The molecule has 7 atom stereocenters. The Balaban J connectivity index is 1.72. The largest absolute Gasteiger partial charge is 0.387 e. The first-order chi connectivity index (χ1) is 12.7. The number of rotatable bonds is 3. The van der Waals surface area contributed by atoms with Gasteiger partial charge in [0.15, 0.2) is 0 Å². The molecule has 0 aromatic heterocycles. The normalized spacial score (nSPS) is 52.3. The first kappa shape index (κ1) is 18.3. The molecule has 6 aliphatic rings. The summed E-state index contributed by atoms with van der Waals surface area (Å²) in [4.78, 5) is 0. The quantitative estimate of drug-likeness (QED) is 0.586. The van der Waals surface area contributed by atoms with Crippen LogP contribution in [-0.2, 0) is 14.2 Å². The van der Waals surface area contributed by atoms with Crippen LogP contribution in [-0.4, -0.2) is 48.7 Å². The van der Waals surface area contributed by atoms with Crippen molar-refractivity contribution in [2.24, 2.45) is 28.1 Å². The number of hydrogen-bond acceptors (Lipinski definition) is 5. The summed E-state index contributed by atoms with van der Waals surface area (Å²) >= 11 is 0. The minimum atomic E-state index is -1.54. The Hall–Kier alpha value is -0.720. The molecule has 0 amide bonds. The van der Waals surface area contributed by atoms with Crippen LogP contribution in [0.5, 0.6) is 0 Å². The predicted molar refractivity (Wildman–Crippen MR) is 99.6 cm³/mol. The van der Waals surface area contributed by atoms with Crippen molar-refractivity contribution in [3.05, 3.63) is 23.8 Å². The van der Waals surface area contributed by atoms with Gasteiger partial charge in [-0.3, -0.25) is 0 Å². The van der Waals surface area contributed by atoms with Crippen LogP contribution in [0.25, 0.3) is 0 Å². The molecule has 150 valence electrons. The second-order valence-corrected chi connectivity index (χ2v) is 10.2. The van der Waals surface area contributed by atoms with E-state index in [0.717, 1.165) is 25.7 Å². The van der Waals surface area contributed by atoms with Gasteiger partial charge in [0, 0.05) is 18.4 Å². The Kier molecular flexibility index (Phi) is 3.70. The summed E-state index contributed by atoms with van der Waals surface area (Å²) in [6.45, 7) is 9.34. The monoisotopic (exact) mass is 376 g/mol. The van der Waals surface area contributed by atoms with E-state index in [4.69, 9.17) is 14.2 Å². The summed E-state index contributed by atoms with van der Waals surface area (Å²) in [6.07, 6.45) is 5.65. The zero-order valence-electron chi connectivity index (χ0n) is 16.7. The zero-order valence-corrected chi connectivity index (χ0v) is 16.7. The van der Waals surface area contributed by atoms with Crippen molar-refractivity contribution < 1.29 is 24.4 Å². The molecule has 2 heterocycles. The predicted octanol–water partition coefficient (Wildman–Crippen LogP) is 2.77. The molecule has 2 N–H and O–H groups in total. The Bertz CT molecular complexity index is 713. The highest BCUT2D eigenvalue weighted by Gasteiger charge is 2.80. The van der Waals surface area contributed by atoms with Gasteiger partial charge in [0.25, 0.3) is 0 Å². The van der Waals surface area contributed by atoms with Crippen LogP contribution < -0.4 is 0 Å². The molecule has 27 heavy (non-hydrogen) atoms. The van der Waals surface area contributed by atoms with Gasteiger partial charge < -0.3 is 24.4 Å². The first-order valence-electron chi connectivity index (χ1n) is 10.3. The molecule has 4 aliphatic carbocycles. The Labute approximate surface area is 161 Å². The molecular formula is C22H32O5. The standard InChI is InChI=1S/C22H32O5/c1-13-9-20-10-14(13)5-6-15(20)21-11-27-22(20,24)18(23)17(21)19(2,3)8-7-16(21)26-12-25-4/h6,14,16-18,23-24H,1,5,7-12H2,2-4H3/t14-,16+,17-,18+,20+,21-,22+/m1/s1. The van der Waals surface area contributed by atoms with Gasteiger partial charge in [0.1, 0.15) is 12.9 Å². The molecule has 5 heteroatoms. The van der Waals surface area contributed by atoms with Gasteiger partial charge in [0.2, 0.25) is 5.79 Å². The third-order valence-electron chi connectivity index (χ3n) is 8.67. The third-order valence-corrected chi connectivity index (χ3v) is 8.67. The Morgan fingerprint density at radius 3 is 2.89 bits per heavy atom. The lowest BCUT2D eigenvalue weighted by molar-refractivity contribution is -0.414. The van der Waals surface area contributed by atoms with Gasteiger partial charge in [-0.2, -0.15) is 0 Å². The molecule has 3 saturated carbocycles. The fourth-order valence-corrected chi connectivity index (χ4v) is 7.65. The molecule has 0 aromatic carbocycles. The number of aliphatic hydroxyl groups excluding tert-OH is 1. The molecule has 0 radical (unpaired) electrons. The van der Waals surface area contributed by atoms with E-state index in [2.05, 4.69) is 26.5 Å². The lowest BCUT2D eigenvalue weighted by Gasteiger charge is -2.72. The number of fused-ring (bicyclic) bond motifs is 2. The average molecular weight is 376 g/mol. The van der Waals surface area contributed by atoms with E-state index in [0.29, 0.717) is 18.9 Å². The topological polar surface area (TPSA) is 68.2 Å². The van der Waals surface area contributed by atoms with Crippen LogP contribution >= 0.6 is 0 Å². The molecule has 5 nitrogen and oxygen atoms in total. The van der Waals surface area contributed by atoms with Crippen molar-refractivity contribution in [1.82, 2.24) is 0 Å². The molecular weight excluding hydrogens is 344 g/mol. The summed E-state index contributed by atoms with van der Waals surface area (Å²) in [5.74, 6) is -1.27. The highest BCUT2D eigenvalue weighted by atomic mass is 16.7. The lowest BCUT2D eigenvalue weighted by atomic mass is 9.39. The highest BCUT2D eigenvalue weighted by molar-refractivity contribution is 5.46. The zero-order chi connectivity index (χ0) is 19.2. The molecule has 6 rings (SSSR count). The fraction of sp³-hybridized carbons (Fsp3) is 0.818. The van der Waals surface area contributed by atoms with Crippen molar-refractivity contribution in [2.75, 3.05) is 20.5 Å². The van der Waals surface area contributed by atoms with Gasteiger partial charge in [-0.25, -0.2) is 0 Å². The highest BCUT2D eigenvalue weighted by Crippen LogP contribution is 2.76. The van der Waals surface area contributed by atoms with Gasteiger partial charge in [-0.15, -0.1) is 0 Å². The van der Waals surface area contributed by atoms with E-state index in [-0.39, 0.29) is 24.2 Å². The number of methoxy groups -OCH3 is 1. The smallest absolute Gasteiger partial charge is 0.202 e. The Morgan fingerprint density at radius 2 is 2.15 bits per heavy atom. The van der Waals surface area contributed by atoms with E-state index in [1.54, 1.807) is 7.11 Å². The van der Waals surface area contributed by atoms with Crippen molar-refractivity contribution in [2.45, 2.75) is 63.9 Å².